The molecule has 2 unspecified atom stereocenters. The van der Waals surface area contributed by atoms with Crippen LogP contribution in [-0.2, 0) is 16.0 Å². The molecule has 2 atom stereocenters. The number of carbonyl (C=O) groups is 1. The second kappa shape index (κ2) is 5.98. The van der Waals surface area contributed by atoms with Gasteiger partial charge in [0, 0.05) is 12.2 Å². The minimum absolute atomic E-state index is 0.0303. The largest absolute Gasteiger partial charge is 0.364 e. The van der Waals surface area contributed by atoms with Gasteiger partial charge >= 0.3 is 0 Å². The van der Waals surface area contributed by atoms with Crippen LogP contribution in [0.2, 0.25) is 0 Å². The SMILES string of the molecule is CCc1cccc(NC(=O)C2CCC(CN)O2)c1. The van der Waals surface area contributed by atoms with E-state index in [-0.39, 0.29) is 18.1 Å². The molecule has 18 heavy (non-hydrogen) atoms. The number of anilines is 1. The van der Waals surface area contributed by atoms with Gasteiger partial charge < -0.3 is 15.8 Å². The maximum absolute atomic E-state index is 12.0. The summed E-state index contributed by atoms with van der Waals surface area (Å²) in [6.45, 7) is 2.57. The van der Waals surface area contributed by atoms with Crippen molar-refractivity contribution in [1.29, 1.82) is 0 Å². The summed E-state index contributed by atoms with van der Waals surface area (Å²) in [4.78, 5) is 12.0. The fourth-order valence-corrected chi connectivity index (χ4v) is 2.16. The first-order valence-electron chi connectivity index (χ1n) is 6.48. The van der Waals surface area contributed by atoms with E-state index in [2.05, 4.69) is 12.2 Å². The zero-order valence-corrected chi connectivity index (χ0v) is 10.7. The highest BCUT2D eigenvalue weighted by Gasteiger charge is 2.29. The van der Waals surface area contributed by atoms with Crippen LogP contribution in [0, 0.1) is 0 Å². The highest BCUT2D eigenvalue weighted by atomic mass is 16.5. The van der Waals surface area contributed by atoms with Crippen LogP contribution in [0.4, 0.5) is 5.69 Å². The van der Waals surface area contributed by atoms with Gasteiger partial charge in [0.15, 0.2) is 0 Å². The highest BCUT2D eigenvalue weighted by Crippen LogP contribution is 2.20. The Labute approximate surface area is 108 Å². The van der Waals surface area contributed by atoms with E-state index >= 15 is 0 Å². The molecule has 2 rings (SSSR count). The quantitative estimate of drug-likeness (QED) is 0.852. The van der Waals surface area contributed by atoms with E-state index in [0.717, 1.165) is 24.9 Å². The number of rotatable bonds is 4. The van der Waals surface area contributed by atoms with Crippen molar-refractivity contribution < 1.29 is 9.53 Å². The smallest absolute Gasteiger partial charge is 0.253 e. The van der Waals surface area contributed by atoms with E-state index in [9.17, 15) is 4.79 Å². The van der Waals surface area contributed by atoms with Crippen LogP contribution in [0.5, 0.6) is 0 Å². The first-order valence-corrected chi connectivity index (χ1v) is 6.48. The lowest BCUT2D eigenvalue weighted by Crippen LogP contribution is -2.29. The molecule has 0 spiro atoms. The molecule has 3 N–H and O–H groups in total. The number of nitrogens with one attached hydrogen (secondary N) is 1. The molecule has 1 aliphatic heterocycles. The lowest BCUT2D eigenvalue weighted by Gasteiger charge is -2.13. The Bertz CT molecular complexity index is 420. The van der Waals surface area contributed by atoms with E-state index < -0.39 is 0 Å². The summed E-state index contributed by atoms with van der Waals surface area (Å²) in [6.07, 6.45) is 2.25. The van der Waals surface area contributed by atoms with Crippen LogP contribution in [0.1, 0.15) is 25.3 Å². The Balaban J connectivity index is 1.94. The van der Waals surface area contributed by atoms with Crippen molar-refractivity contribution in [2.24, 2.45) is 5.73 Å². The minimum atomic E-state index is -0.358. The molecule has 1 aromatic rings. The molecular weight excluding hydrogens is 228 g/mol. The van der Waals surface area contributed by atoms with Crippen LogP contribution in [0.25, 0.3) is 0 Å². The molecule has 1 fully saturated rings. The Morgan fingerprint density at radius 1 is 1.50 bits per heavy atom. The molecule has 4 nitrogen and oxygen atoms in total. The molecule has 98 valence electrons. The molecule has 1 heterocycles. The fourth-order valence-electron chi connectivity index (χ4n) is 2.16. The number of aryl methyl sites for hydroxylation is 1. The average molecular weight is 248 g/mol. The summed E-state index contributed by atoms with van der Waals surface area (Å²) in [5, 5.41) is 2.90. The molecule has 0 bridgehead atoms. The summed E-state index contributed by atoms with van der Waals surface area (Å²) >= 11 is 0. The first kappa shape index (κ1) is 13.1. The van der Waals surface area contributed by atoms with Gasteiger partial charge in [0.1, 0.15) is 6.10 Å². The van der Waals surface area contributed by atoms with Gasteiger partial charge in [-0.15, -0.1) is 0 Å². The third-order valence-electron chi connectivity index (χ3n) is 3.27. The zero-order chi connectivity index (χ0) is 13.0. The lowest BCUT2D eigenvalue weighted by atomic mass is 10.1. The third kappa shape index (κ3) is 3.09. The van der Waals surface area contributed by atoms with Crippen molar-refractivity contribution in [1.82, 2.24) is 0 Å². The number of nitrogens with two attached hydrogens (primary N) is 1. The van der Waals surface area contributed by atoms with E-state index in [4.69, 9.17) is 10.5 Å². The normalized spacial score (nSPS) is 23.0. The monoisotopic (exact) mass is 248 g/mol. The highest BCUT2D eigenvalue weighted by molar-refractivity contribution is 5.94. The van der Waals surface area contributed by atoms with Crippen LogP contribution >= 0.6 is 0 Å². The Morgan fingerprint density at radius 2 is 2.33 bits per heavy atom. The van der Waals surface area contributed by atoms with Gasteiger partial charge in [-0.2, -0.15) is 0 Å². The second-order valence-electron chi connectivity index (χ2n) is 4.60. The molecule has 1 saturated heterocycles. The summed E-state index contributed by atoms with van der Waals surface area (Å²) in [6, 6.07) is 7.89. The summed E-state index contributed by atoms with van der Waals surface area (Å²) < 4.78 is 5.56. The van der Waals surface area contributed by atoms with Crippen molar-refractivity contribution in [2.75, 3.05) is 11.9 Å². The number of carbonyl (C=O) groups excluding carboxylic acids is 1. The summed E-state index contributed by atoms with van der Waals surface area (Å²) in [7, 11) is 0. The van der Waals surface area contributed by atoms with Gasteiger partial charge in [-0.25, -0.2) is 0 Å². The molecule has 0 aliphatic carbocycles. The molecule has 0 aromatic heterocycles. The minimum Gasteiger partial charge on any atom is -0.364 e. The van der Waals surface area contributed by atoms with Gasteiger partial charge in [-0.3, -0.25) is 4.79 Å². The van der Waals surface area contributed by atoms with Gasteiger partial charge in [0.25, 0.3) is 5.91 Å². The fraction of sp³-hybridized carbons (Fsp3) is 0.500. The molecule has 1 aliphatic rings. The average Bonchev–Trinajstić information content (AvgIpc) is 2.88. The second-order valence-corrected chi connectivity index (χ2v) is 4.60. The van der Waals surface area contributed by atoms with Crippen molar-refractivity contribution in [3.05, 3.63) is 29.8 Å². The molecular formula is C14H20N2O2. The predicted octanol–water partition coefficient (Wildman–Crippen LogP) is 1.69. The number of hydrogen-bond acceptors (Lipinski definition) is 3. The van der Waals surface area contributed by atoms with Crippen molar-refractivity contribution in [3.63, 3.8) is 0 Å². The Hall–Kier alpha value is -1.39. The Morgan fingerprint density at radius 3 is 3.00 bits per heavy atom. The zero-order valence-electron chi connectivity index (χ0n) is 10.7. The maximum Gasteiger partial charge on any atom is 0.253 e. The van der Waals surface area contributed by atoms with E-state index in [1.165, 1.54) is 5.56 Å². The number of hydrogen-bond donors (Lipinski definition) is 2. The van der Waals surface area contributed by atoms with Gasteiger partial charge in [-0.1, -0.05) is 19.1 Å². The van der Waals surface area contributed by atoms with Crippen LogP contribution < -0.4 is 11.1 Å². The molecule has 1 amide bonds. The molecule has 0 radical (unpaired) electrons. The standard InChI is InChI=1S/C14H20N2O2/c1-2-10-4-3-5-11(8-10)16-14(17)13-7-6-12(9-15)18-13/h3-5,8,12-13H,2,6-7,9,15H2,1H3,(H,16,17). The molecule has 0 saturated carbocycles. The topological polar surface area (TPSA) is 64.4 Å². The summed E-state index contributed by atoms with van der Waals surface area (Å²) in [5.41, 5.74) is 7.57. The molecule has 4 heteroatoms. The number of amides is 1. The first-order chi connectivity index (χ1) is 8.72. The predicted molar refractivity (Wildman–Crippen MR) is 71.4 cm³/mol. The third-order valence-corrected chi connectivity index (χ3v) is 3.27. The van der Waals surface area contributed by atoms with Gasteiger partial charge in [-0.05, 0) is 37.0 Å². The van der Waals surface area contributed by atoms with Crippen molar-refractivity contribution >= 4 is 11.6 Å². The van der Waals surface area contributed by atoms with Crippen molar-refractivity contribution in [2.45, 2.75) is 38.4 Å². The maximum atomic E-state index is 12.0. The number of ether oxygens (including phenoxy) is 1. The van der Waals surface area contributed by atoms with E-state index in [1.54, 1.807) is 0 Å². The van der Waals surface area contributed by atoms with Crippen LogP contribution in [0.15, 0.2) is 24.3 Å². The van der Waals surface area contributed by atoms with Crippen LogP contribution in [-0.4, -0.2) is 24.7 Å². The van der Waals surface area contributed by atoms with Crippen LogP contribution in [0.3, 0.4) is 0 Å². The van der Waals surface area contributed by atoms with Crippen molar-refractivity contribution in [3.8, 4) is 0 Å². The van der Waals surface area contributed by atoms with E-state index in [1.807, 2.05) is 24.3 Å². The summed E-state index contributed by atoms with van der Waals surface area (Å²) in [5.74, 6) is -0.0702. The van der Waals surface area contributed by atoms with E-state index in [0.29, 0.717) is 6.54 Å². The van der Waals surface area contributed by atoms with Gasteiger partial charge in [0.2, 0.25) is 0 Å². The Kier molecular flexibility index (Phi) is 4.33. The molecule has 1 aromatic carbocycles. The number of benzene rings is 1. The van der Waals surface area contributed by atoms with Gasteiger partial charge in [0.05, 0.1) is 6.10 Å². The lowest BCUT2D eigenvalue weighted by molar-refractivity contribution is -0.126.